The van der Waals surface area contributed by atoms with Crippen molar-refractivity contribution in [1.82, 2.24) is 10.0 Å². The zero-order valence-corrected chi connectivity index (χ0v) is 21.9. The van der Waals surface area contributed by atoms with E-state index >= 15 is 0 Å². The molecule has 36 heavy (non-hydrogen) atoms. The number of carbonyl (C=O) groups is 1. The largest absolute Gasteiger partial charge is 0.495 e. The molecule has 0 aliphatic rings. The van der Waals surface area contributed by atoms with E-state index in [1.807, 2.05) is 43.3 Å². The Hall–Kier alpha value is -3.56. The second-order valence-electron chi connectivity index (χ2n) is 8.36. The van der Waals surface area contributed by atoms with E-state index in [4.69, 9.17) is 14.2 Å². The van der Waals surface area contributed by atoms with E-state index in [0.29, 0.717) is 11.5 Å². The number of hydrogen-bond acceptors (Lipinski definition) is 6. The molecule has 0 radical (unpaired) electrons. The molecule has 0 aromatic heterocycles. The number of sulfonamides is 1. The van der Waals surface area contributed by atoms with Crippen LogP contribution in [-0.4, -0.2) is 41.7 Å². The standard InChI is InChI=1S/C27H32N2O6S/c1-18-11-13-24(34-4)26(15-18)36(31,32)29-22(16-20-9-7-6-8-10-20)27(30)28-19(2)21-12-14-23(33-3)25(17-21)35-5/h6-15,17,19,22,29H,16H2,1-5H3,(H,28,30)/t19-,22+/m0/s1. The summed E-state index contributed by atoms with van der Waals surface area (Å²) in [5, 5.41) is 2.93. The molecule has 0 fully saturated rings. The number of nitrogens with one attached hydrogen (secondary N) is 2. The molecule has 3 aromatic rings. The molecule has 9 heteroatoms. The van der Waals surface area contributed by atoms with Gasteiger partial charge in [0.05, 0.1) is 27.4 Å². The van der Waals surface area contributed by atoms with Gasteiger partial charge in [0.2, 0.25) is 15.9 Å². The van der Waals surface area contributed by atoms with E-state index in [1.165, 1.54) is 20.3 Å². The molecule has 0 unspecified atom stereocenters. The summed E-state index contributed by atoms with van der Waals surface area (Å²) in [6, 6.07) is 18.0. The molecule has 0 heterocycles. The minimum atomic E-state index is -4.08. The van der Waals surface area contributed by atoms with Gasteiger partial charge >= 0.3 is 0 Å². The van der Waals surface area contributed by atoms with Gasteiger partial charge in [0.15, 0.2) is 11.5 Å². The van der Waals surface area contributed by atoms with E-state index in [0.717, 1.165) is 16.7 Å². The third kappa shape index (κ3) is 6.56. The van der Waals surface area contributed by atoms with Crippen molar-refractivity contribution in [3.05, 3.63) is 83.4 Å². The number of benzene rings is 3. The lowest BCUT2D eigenvalue weighted by Gasteiger charge is -2.23. The SMILES string of the molecule is COc1ccc([C@H](C)NC(=O)[C@@H](Cc2ccccc2)NS(=O)(=O)c2cc(C)ccc2OC)cc1OC. The van der Waals surface area contributed by atoms with Crippen LogP contribution in [-0.2, 0) is 21.2 Å². The number of amides is 1. The fourth-order valence-corrected chi connectivity index (χ4v) is 5.25. The minimum Gasteiger partial charge on any atom is -0.495 e. The van der Waals surface area contributed by atoms with E-state index in [9.17, 15) is 13.2 Å². The van der Waals surface area contributed by atoms with Gasteiger partial charge in [-0.3, -0.25) is 4.79 Å². The Kier molecular flexibility index (Phi) is 8.95. The van der Waals surface area contributed by atoms with E-state index < -0.39 is 28.0 Å². The van der Waals surface area contributed by atoms with Crippen molar-refractivity contribution >= 4 is 15.9 Å². The van der Waals surface area contributed by atoms with Crippen molar-refractivity contribution in [2.24, 2.45) is 0 Å². The molecule has 0 aliphatic carbocycles. The summed E-state index contributed by atoms with van der Waals surface area (Å²) in [7, 11) is 0.408. The van der Waals surface area contributed by atoms with Crippen LogP contribution in [0.1, 0.15) is 29.7 Å². The van der Waals surface area contributed by atoms with Gasteiger partial charge in [-0.15, -0.1) is 0 Å². The minimum absolute atomic E-state index is 0.0243. The molecular weight excluding hydrogens is 480 g/mol. The third-order valence-corrected chi connectivity index (χ3v) is 7.26. The Balaban J connectivity index is 1.89. The third-order valence-electron chi connectivity index (χ3n) is 5.77. The predicted molar refractivity (Wildman–Crippen MR) is 138 cm³/mol. The summed E-state index contributed by atoms with van der Waals surface area (Å²) in [6.45, 7) is 3.61. The number of rotatable bonds is 11. The molecule has 8 nitrogen and oxygen atoms in total. The summed E-state index contributed by atoms with van der Waals surface area (Å²) < 4.78 is 45.3. The van der Waals surface area contributed by atoms with Crippen LogP contribution in [0, 0.1) is 6.92 Å². The van der Waals surface area contributed by atoms with Crippen LogP contribution < -0.4 is 24.2 Å². The summed E-state index contributed by atoms with van der Waals surface area (Å²) in [5.41, 5.74) is 2.35. The van der Waals surface area contributed by atoms with Crippen LogP contribution in [0.4, 0.5) is 0 Å². The maximum absolute atomic E-state index is 13.4. The summed E-state index contributed by atoms with van der Waals surface area (Å²) in [4.78, 5) is 13.4. The van der Waals surface area contributed by atoms with Gasteiger partial charge < -0.3 is 19.5 Å². The fourth-order valence-electron chi connectivity index (χ4n) is 3.80. The highest BCUT2D eigenvalue weighted by atomic mass is 32.2. The van der Waals surface area contributed by atoms with Crippen molar-refractivity contribution in [3.63, 3.8) is 0 Å². The number of hydrogen-bond donors (Lipinski definition) is 2. The highest BCUT2D eigenvalue weighted by Crippen LogP contribution is 2.30. The summed E-state index contributed by atoms with van der Waals surface area (Å²) in [6.07, 6.45) is 0.165. The molecule has 1 amide bonds. The molecule has 2 atom stereocenters. The number of aryl methyl sites for hydroxylation is 1. The molecule has 0 spiro atoms. The first-order valence-corrected chi connectivity index (χ1v) is 12.9. The molecule has 3 rings (SSSR count). The van der Waals surface area contributed by atoms with Crippen LogP contribution in [0.15, 0.2) is 71.6 Å². The van der Waals surface area contributed by atoms with Gasteiger partial charge in [-0.1, -0.05) is 42.5 Å². The smallest absolute Gasteiger partial charge is 0.244 e. The van der Waals surface area contributed by atoms with Gasteiger partial charge in [-0.2, -0.15) is 4.72 Å². The second kappa shape index (κ2) is 11.9. The quantitative estimate of drug-likeness (QED) is 0.405. The normalized spacial score (nSPS) is 12.9. The van der Waals surface area contributed by atoms with E-state index in [2.05, 4.69) is 10.0 Å². The molecule has 0 bridgehead atoms. The Labute approximate surface area is 212 Å². The van der Waals surface area contributed by atoms with Crippen LogP contribution >= 0.6 is 0 Å². The molecule has 0 saturated carbocycles. The zero-order chi connectivity index (χ0) is 26.3. The van der Waals surface area contributed by atoms with Crippen molar-refractivity contribution < 1.29 is 27.4 Å². The molecule has 2 N–H and O–H groups in total. The Morgan fingerprint density at radius 1 is 0.861 bits per heavy atom. The average Bonchev–Trinajstić information content (AvgIpc) is 2.88. The van der Waals surface area contributed by atoms with Gasteiger partial charge in [-0.05, 0) is 61.2 Å². The fraction of sp³-hybridized carbons (Fsp3) is 0.296. The Bertz CT molecular complexity index is 1290. The average molecular weight is 513 g/mol. The monoisotopic (exact) mass is 512 g/mol. The summed E-state index contributed by atoms with van der Waals surface area (Å²) in [5.74, 6) is 0.841. The Morgan fingerprint density at radius 2 is 1.50 bits per heavy atom. The highest BCUT2D eigenvalue weighted by Gasteiger charge is 2.29. The van der Waals surface area contributed by atoms with Crippen LogP contribution in [0.3, 0.4) is 0 Å². The molecular formula is C27H32N2O6S. The lowest BCUT2D eigenvalue weighted by molar-refractivity contribution is -0.123. The van der Waals surface area contributed by atoms with Gasteiger partial charge in [0.25, 0.3) is 0 Å². The maximum atomic E-state index is 13.4. The number of methoxy groups -OCH3 is 3. The maximum Gasteiger partial charge on any atom is 0.244 e. The van der Waals surface area contributed by atoms with Crippen LogP contribution in [0.2, 0.25) is 0 Å². The lowest BCUT2D eigenvalue weighted by Crippen LogP contribution is -2.48. The van der Waals surface area contributed by atoms with E-state index in [1.54, 1.807) is 38.3 Å². The summed E-state index contributed by atoms with van der Waals surface area (Å²) >= 11 is 0. The number of ether oxygens (including phenoxy) is 3. The highest BCUT2D eigenvalue weighted by molar-refractivity contribution is 7.89. The number of carbonyl (C=O) groups excluding carboxylic acids is 1. The van der Waals surface area contributed by atoms with Crippen molar-refractivity contribution in [2.45, 2.75) is 37.2 Å². The van der Waals surface area contributed by atoms with Crippen molar-refractivity contribution in [2.75, 3.05) is 21.3 Å². The van der Waals surface area contributed by atoms with Gasteiger partial charge in [0.1, 0.15) is 16.7 Å². The zero-order valence-electron chi connectivity index (χ0n) is 21.1. The second-order valence-corrected chi connectivity index (χ2v) is 10.0. The van der Waals surface area contributed by atoms with Crippen LogP contribution in [0.5, 0.6) is 17.2 Å². The van der Waals surface area contributed by atoms with Crippen molar-refractivity contribution in [3.8, 4) is 17.2 Å². The van der Waals surface area contributed by atoms with Crippen LogP contribution in [0.25, 0.3) is 0 Å². The first kappa shape index (κ1) is 27.0. The molecule has 0 aliphatic heterocycles. The molecule has 0 saturated heterocycles. The van der Waals surface area contributed by atoms with Gasteiger partial charge in [-0.25, -0.2) is 8.42 Å². The first-order chi connectivity index (χ1) is 17.2. The molecule has 192 valence electrons. The molecule has 3 aromatic carbocycles. The van der Waals surface area contributed by atoms with Gasteiger partial charge in [0, 0.05) is 0 Å². The first-order valence-electron chi connectivity index (χ1n) is 11.4. The predicted octanol–water partition coefficient (Wildman–Crippen LogP) is 3.79. The lowest BCUT2D eigenvalue weighted by atomic mass is 10.0. The Morgan fingerprint density at radius 3 is 2.14 bits per heavy atom. The topological polar surface area (TPSA) is 103 Å². The van der Waals surface area contributed by atoms with E-state index in [-0.39, 0.29) is 17.1 Å². The van der Waals surface area contributed by atoms with Crippen molar-refractivity contribution in [1.29, 1.82) is 0 Å².